The largest absolute Gasteiger partial charge is 0.383 e. The molecule has 0 atom stereocenters. The molecule has 0 aromatic heterocycles. The molecule has 0 unspecified atom stereocenters. The maximum absolute atomic E-state index is 9.35. The van der Waals surface area contributed by atoms with E-state index >= 15 is 0 Å². The van der Waals surface area contributed by atoms with Crippen molar-refractivity contribution >= 4 is 17.4 Å². The quantitative estimate of drug-likeness (QED) is 0.702. The SMILES string of the molecule is CCCN(CC)CCNc1cccc(SCC)c1C#N. The van der Waals surface area contributed by atoms with E-state index in [1.807, 2.05) is 18.2 Å². The molecule has 0 spiro atoms. The van der Waals surface area contributed by atoms with Crippen LogP contribution in [0.25, 0.3) is 0 Å². The third-order valence-electron chi connectivity index (χ3n) is 3.17. The number of hydrogen-bond acceptors (Lipinski definition) is 4. The zero-order chi connectivity index (χ0) is 14.8. The van der Waals surface area contributed by atoms with Gasteiger partial charge < -0.3 is 10.2 Å². The molecule has 20 heavy (non-hydrogen) atoms. The van der Waals surface area contributed by atoms with Gasteiger partial charge in [0.15, 0.2) is 0 Å². The van der Waals surface area contributed by atoms with Crippen LogP contribution in [0.1, 0.15) is 32.8 Å². The zero-order valence-corrected chi connectivity index (χ0v) is 13.6. The van der Waals surface area contributed by atoms with Gasteiger partial charge in [0.2, 0.25) is 0 Å². The first-order valence-corrected chi connectivity index (χ1v) is 8.37. The molecule has 0 aliphatic carbocycles. The van der Waals surface area contributed by atoms with Crippen LogP contribution in [0.2, 0.25) is 0 Å². The Morgan fingerprint density at radius 1 is 1.25 bits per heavy atom. The molecule has 110 valence electrons. The van der Waals surface area contributed by atoms with Crippen molar-refractivity contribution in [2.45, 2.75) is 32.1 Å². The predicted molar refractivity (Wildman–Crippen MR) is 88.4 cm³/mol. The lowest BCUT2D eigenvalue weighted by Gasteiger charge is -2.20. The van der Waals surface area contributed by atoms with Crippen LogP contribution in [-0.2, 0) is 0 Å². The Kier molecular flexibility index (Phi) is 8.17. The van der Waals surface area contributed by atoms with Gasteiger partial charge in [0.05, 0.1) is 11.3 Å². The molecule has 0 saturated heterocycles. The summed E-state index contributed by atoms with van der Waals surface area (Å²) in [7, 11) is 0. The molecule has 0 saturated carbocycles. The molecule has 1 rings (SSSR count). The Labute approximate surface area is 127 Å². The van der Waals surface area contributed by atoms with Crippen LogP contribution in [-0.4, -0.2) is 36.8 Å². The van der Waals surface area contributed by atoms with Crippen LogP contribution in [0.4, 0.5) is 5.69 Å². The Bertz CT molecular complexity index is 440. The molecule has 4 heteroatoms. The minimum absolute atomic E-state index is 0.776. The Morgan fingerprint density at radius 2 is 2.05 bits per heavy atom. The number of nitrogens with one attached hydrogen (secondary N) is 1. The summed E-state index contributed by atoms with van der Waals surface area (Å²) in [6.45, 7) is 10.6. The molecule has 0 aliphatic heterocycles. The second kappa shape index (κ2) is 9.68. The van der Waals surface area contributed by atoms with Gasteiger partial charge in [-0.1, -0.05) is 26.8 Å². The Hall–Kier alpha value is -1.18. The highest BCUT2D eigenvalue weighted by atomic mass is 32.2. The normalized spacial score (nSPS) is 10.6. The second-order valence-electron chi connectivity index (χ2n) is 4.58. The van der Waals surface area contributed by atoms with E-state index in [1.54, 1.807) is 11.8 Å². The number of nitrogens with zero attached hydrogens (tertiary/aromatic N) is 2. The first-order chi connectivity index (χ1) is 9.76. The van der Waals surface area contributed by atoms with Crippen molar-refractivity contribution in [3.8, 4) is 6.07 Å². The summed E-state index contributed by atoms with van der Waals surface area (Å²) in [5, 5.41) is 12.8. The van der Waals surface area contributed by atoms with E-state index in [0.29, 0.717) is 0 Å². The molecular weight excluding hydrogens is 266 g/mol. The van der Waals surface area contributed by atoms with E-state index in [9.17, 15) is 5.26 Å². The average molecular weight is 291 g/mol. The lowest BCUT2D eigenvalue weighted by atomic mass is 10.2. The minimum Gasteiger partial charge on any atom is -0.383 e. The molecule has 1 N–H and O–H groups in total. The van der Waals surface area contributed by atoms with Crippen molar-refractivity contribution in [1.29, 1.82) is 5.26 Å². The highest BCUT2D eigenvalue weighted by Gasteiger charge is 2.08. The molecule has 0 heterocycles. The van der Waals surface area contributed by atoms with E-state index in [2.05, 4.69) is 37.1 Å². The van der Waals surface area contributed by atoms with Gasteiger partial charge in [0.25, 0.3) is 0 Å². The summed E-state index contributed by atoms with van der Waals surface area (Å²) in [5.74, 6) is 0.984. The van der Waals surface area contributed by atoms with E-state index < -0.39 is 0 Å². The molecule has 1 aromatic carbocycles. The van der Waals surface area contributed by atoms with Crippen molar-refractivity contribution in [3.05, 3.63) is 23.8 Å². The average Bonchev–Trinajstić information content (AvgIpc) is 2.47. The van der Waals surface area contributed by atoms with Gasteiger partial charge in [0, 0.05) is 18.0 Å². The third-order valence-corrected chi connectivity index (χ3v) is 4.11. The van der Waals surface area contributed by atoms with Crippen LogP contribution in [0.5, 0.6) is 0 Å². The number of hydrogen-bond donors (Lipinski definition) is 1. The van der Waals surface area contributed by atoms with E-state index in [-0.39, 0.29) is 0 Å². The topological polar surface area (TPSA) is 39.1 Å². The molecule has 1 aromatic rings. The van der Waals surface area contributed by atoms with Gasteiger partial charge in [-0.2, -0.15) is 5.26 Å². The molecule has 0 fully saturated rings. The van der Waals surface area contributed by atoms with Crippen molar-refractivity contribution in [1.82, 2.24) is 4.90 Å². The van der Waals surface area contributed by atoms with E-state index in [0.717, 1.165) is 48.1 Å². The fraction of sp³-hybridized carbons (Fsp3) is 0.562. The number of thioether (sulfide) groups is 1. The lowest BCUT2D eigenvalue weighted by molar-refractivity contribution is 0.300. The Balaban J connectivity index is 2.64. The lowest BCUT2D eigenvalue weighted by Crippen LogP contribution is -2.29. The van der Waals surface area contributed by atoms with Crippen molar-refractivity contribution in [2.24, 2.45) is 0 Å². The molecular formula is C16H25N3S. The highest BCUT2D eigenvalue weighted by Crippen LogP contribution is 2.27. The first kappa shape index (κ1) is 16.9. The predicted octanol–water partition coefficient (Wildman–Crippen LogP) is 3.81. The number of likely N-dealkylation sites (N-methyl/N-ethyl adjacent to an activating group) is 1. The van der Waals surface area contributed by atoms with Crippen molar-refractivity contribution < 1.29 is 0 Å². The van der Waals surface area contributed by atoms with Gasteiger partial charge in [-0.15, -0.1) is 11.8 Å². The van der Waals surface area contributed by atoms with Crippen LogP contribution in [0.15, 0.2) is 23.1 Å². The summed E-state index contributed by atoms with van der Waals surface area (Å²) in [5.41, 5.74) is 1.73. The molecule has 3 nitrogen and oxygen atoms in total. The Morgan fingerprint density at radius 3 is 2.65 bits per heavy atom. The fourth-order valence-electron chi connectivity index (χ4n) is 2.16. The summed E-state index contributed by atoms with van der Waals surface area (Å²) in [6.07, 6.45) is 1.18. The molecule has 0 aliphatic rings. The van der Waals surface area contributed by atoms with Gasteiger partial charge >= 0.3 is 0 Å². The smallest absolute Gasteiger partial charge is 0.102 e. The number of rotatable bonds is 9. The summed E-state index contributed by atoms with van der Waals surface area (Å²) < 4.78 is 0. The summed E-state index contributed by atoms with van der Waals surface area (Å²) in [6, 6.07) is 8.36. The van der Waals surface area contributed by atoms with Crippen molar-refractivity contribution in [2.75, 3.05) is 37.2 Å². The molecule has 0 radical (unpaired) electrons. The summed E-state index contributed by atoms with van der Waals surface area (Å²) in [4.78, 5) is 3.49. The van der Waals surface area contributed by atoms with Gasteiger partial charge in [-0.3, -0.25) is 0 Å². The number of anilines is 1. The van der Waals surface area contributed by atoms with Crippen LogP contribution in [0, 0.1) is 11.3 Å². The summed E-state index contributed by atoms with van der Waals surface area (Å²) >= 11 is 1.72. The fourth-order valence-corrected chi connectivity index (χ4v) is 2.95. The maximum atomic E-state index is 9.35. The van der Waals surface area contributed by atoms with E-state index in [4.69, 9.17) is 0 Å². The third kappa shape index (κ3) is 5.07. The number of nitriles is 1. The van der Waals surface area contributed by atoms with Crippen LogP contribution in [0.3, 0.4) is 0 Å². The molecule has 0 bridgehead atoms. The maximum Gasteiger partial charge on any atom is 0.102 e. The van der Waals surface area contributed by atoms with Crippen molar-refractivity contribution in [3.63, 3.8) is 0 Å². The second-order valence-corrected chi connectivity index (χ2v) is 5.89. The minimum atomic E-state index is 0.776. The van der Waals surface area contributed by atoms with Crippen LogP contribution >= 0.6 is 11.8 Å². The molecule has 0 amide bonds. The zero-order valence-electron chi connectivity index (χ0n) is 12.8. The van der Waals surface area contributed by atoms with Gasteiger partial charge in [-0.25, -0.2) is 0 Å². The number of benzene rings is 1. The van der Waals surface area contributed by atoms with E-state index in [1.165, 1.54) is 6.42 Å². The van der Waals surface area contributed by atoms with Gasteiger partial charge in [-0.05, 0) is 37.4 Å². The first-order valence-electron chi connectivity index (χ1n) is 7.38. The van der Waals surface area contributed by atoms with Crippen LogP contribution < -0.4 is 5.32 Å². The monoisotopic (exact) mass is 291 g/mol. The standard InChI is InChI=1S/C16H25N3S/c1-4-11-19(5-2)12-10-18-15-8-7-9-16(20-6-3)14(15)13-17/h7-9,18H,4-6,10-12H2,1-3H3. The highest BCUT2D eigenvalue weighted by molar-refractivity contribution is 7.99. The van der Waals surface area contributed by atoms with Gasteiger partial charge in [0.1, 0.15) is 6.07 Å².